The number of rotatable bonds is 14. The van der Waals surface area contributed by atoms with Crippen molar-refractivity contribution < 1.29 is 19.8 Å². The van der Waals surface area contributed by atoms with Crippen molar-refractivity contribution in [2.45, 2.75) is 77.2 Å². The molecule has 0 radical (unpaired) electrons. The van der Waals surface area contributed by atoms with Gasteiger partial charge in [-0.05, 0) is 56.9 Å². The maximum atomic E-state index is 12.0. The molecule has 0 saturated heterocycles. The van der Waals surface area contributed by atoms with Crippen LogP contribution in [0.1, 0.15) is 71.1 Å². The fraction of sp³-hybridized carbons (Fsp3) is 0.700. The highest BCUT2D eigenvalue weighted by atomic mass is 16.4. The normalized spacial score (nSPS) is 21.4. The standard InChI is InChI=1S/C20H32O4/c1-2-3-4-5-6-7-8-9-10-12-18(21)16-15-17(16)19(22)13-11-14-20(23)24/h6-7,10,12,16-17,19,22H,2-5,8-9,11,13-15H2,1H3,(H,23,24)/b7-6-,12-10+. The minimum atomic E-state index is -0.840. The summed E-state index contributed by atoms with van der Waals surface area (Å²) in [6.07, 6.45) is 15.9. The van der Waals surface area contributed by atoms with Gasteiger partial charge in [-0.3, -0.25) is 9.59 Å². The van der Waals surface area contributed by atoms with Gasteiger partial charge >= 0.3 is 5.97 Å². The Morgan fingerprint density at radius 2 is 1.79 bits per heavy atom. The van der Waals surface area contributed by atoms with Crippen LogP contribution in [0, 0.1) is 11.8 Å². The molecule has 1 saturated carbocycles. The van der Waals surface area contributed by atoms with Gasteiger partial charge < -0.3 is 10.2 Å². The van der Waals surface area contributed by atoms with Crippen molar-refractivity contribution in [3.8, 4) is 0 Å². The van der Waals surface area contributed by atoms with Crippen LogP contribution < -0.4 is 0 Å². The zero-order chi connectivity index (χ0) is 17.8. The van der Waals surface area contributed by atoms with E-state index in [0.717, 1.165) is 25.7 Å². The van der Waals surface area contributed by atoms with Crippen molar-refractivity contribution in [2.24, 2.45) is 11.8 Å². The lowest BCUT2D eigenvalue weighted by Crippen LogP contribution is -2.13. The molecule has 3 unspecified atom stereocenters. The first-order valence-corrected chi connectivity index (χ1v) is 9.31. The molecule has 0 aliphatic heterocycles. The largest absolute Gasteiger partial charge is 0.481 e. The number of hydrogen-bond acceptors (Lipinski definition) is 3. The lowest BCUT2D eigenvalue weighted by Gasteiger charge is -2.08. The molecule has 1 fully saturated rings. The summed E-state index contributed by atoms with van der Waals surface area (Å²) < 4.78 is 0. The number of hydrogen-bond donors (Lipinski definition) is 2. The van der Waals surface area contributed by atoms with Crippen LogP contribution in [0.15, 0.2) is 24.3 Å². The molecule has 4 nitrogen and oxygen atoms in total. The van der Waals surface area contributed by atoms with Gasteiger partial charge in [0.05, 0.1) is 6.10 Å². The van der Waals surface area contributed by atoms with Crippen molar-refractivity contribution in [3.05, 3.63) is 24.3 Å². The van der Waals surface area contributed by atoms with Crippen LogP contribution in [0.5, 0.6) is 0 Å². The van der Waals surface area contributed by atoms with Crippen LogP contribution in [0.2, 0.25) is 0 Å². The summed E-state index contributed by atoms with van der Waals surface area (Å²) in [6.45, 7) is 2.20. The van der Waals surface area contributed by atoms with E-state index in [1.54, 1.807) is 6.08 Å². The first-order valence-electron chi connectivity index (χ1n) is 9.31. The Hall–Kier alpha value is -1.42. The molecule has 0 bridgehead atoms. The van der Waals surface area contributed by atoms with E-state index >= 15 is 0 Å². The minimum absolute atomic E-state index is 0.0226. The maximum absolute atomic E-state index is 12.0. The van der Waals surface area contributed by atoms with Gasteiger partial charge in [-0.2, -0.15) is 0 Å². The van der Waals surface area contributed by atoms with Gasteiger partial charge in [-0.25, -0.2) is 0 Å². The minimum Gasteiger partial charge on any atom is -0.481 e. The fourth-order valence-electron chi connectivity index (χ4n) is 2.91. The summed E-state index contributed by atoms with van der Waals surface area (Å²) in [5, 5.41) is 18.6. The monoisotopic (exact) mass is 336 g/mol. The molecule has 2 N–H and O–H groups in total. The molecule has 0 amide bonds. The molecule has 0 spiro atoms. The van der Waals surface area contributed by atoms with E-state index in [-0.39, 0.29) is 24.0 Å². The molecule has 1 aliphatic carbocycles. The van der Waals surface area contributed by atoms with E-state index in [1.165, 1.54) is 19.3 Å². The Labute approximate surface area is 145 Å². The van der Waals surface area contributed by atoms with E-state index in [0.29, 0.717) is 12.8 Å². The highest BCUT2D eigenvalue weighted by molar-refractivity contribution is 5.93. The third-order valence-corrected chi connectivity index (χ3v) is 4.51. The van der Waals surface area contributed by atoms with Crippen LogP contribution in [-0.2, 0) is 9.59 Å². The molecule has 24 heavy (non-hydrogen) atoms. The van der Waals surface area contributed by atoms with Crippen LogP contribution in [-0.4, -0.2) is 28.1 Å². The molecular weight excluding hydrogens is 304 g/mol. The van der Waals surface area contributed by atoms with E-state index in [9.17, 15) is 14.7 Å². The number of aliphatic hydroxyl groups is 1. The van der Waals surface area contributed by atoms with Gasteiger partial charge in [0.2, 0.25) is 0 Å². The molecular formula is C20H32O4. The number of aliphatic hydroxyl groups excluding tert-OH is 1. The lowest BCUT2D eigenvalue weighted by atomic mass is 10.0. The Morgan fingerprint density at radius 1 is 1.08 bits per heavy atom. The second kappa shape index (κ2) is 12.0. The molecule has 4 heteroatoms. The summed E-state index contributed by atoms with van der Waals surface area (Å²) in [6, 6.07) is 0. The molecule has 1 aliphatic rings. The van der Waals surface area contributed by atoms with E-state index in [1.807, 2.05) is 6.08 Å². The van der Waals surface area contributed by atoms with Crippen LogP contribution in [0.25, 0.3) is 0 Å². The van der Waals surface area contributed by atoms with Crippen molar-refractivity contribution in [3.63, 3.8) is 0 Å². The summed E-state index contributed by atoms with van der Waals surface area (Å²) in [4.78, 5) is 22.4. The zero-order valence-electron chi connectivity index (χ0n) is 14.8. The molecule has 1 rings (SSSR count). The van der Waals surface area contributed by atoms with E-state index in [4.69, 9.17) is 5.11 Å². The molecule has 3 atom stereocenters. The smallest absolute Gasteiger partial charge is 0.303 e. The number of carbonyl (C=O) groups excluding carboxylic acids is 1. The van der Waals surface area contributed by atoms with Gasteiger partial charge in [-0.1, -0.05) is 38.0 Å². The van der Waals surface area contributed by atoms with Crippen molar-refractivity contribution in [2.75, 3.05) is 0 Å². The predicted molar refractivity (Wildman–Crippen MR) is 95.8 cm³/mol. The van der Waals surface area contributed by atoms with Gasteiger partial charge in [0.15, 0.2) is 5.78 Å². The number of carboxylic acids is 1. The molecule has 136 valence electrons. The van der Waals surface area contributed by atoms with Gasteiger partial charge in [0.25, 0.3) is 0 Å². The Bertz CT molecular complexity index is 439. The first-order chi connectivity index (χ1) is 11.6. The summed E-state index contributed by atoms with van der Waals surface area (Å²) in [5.74, 6) is -0.780. The Morgan fingerprint density at radius 3 is 2.50 bits per heavy atom. The van der Waals surface area contributed by atoms with Crippen LogP contribution in [0.4, 0.5) is 0 Å². The number of allylic oxidation sites excluding steroid dienone is 4. The van der Waals surface area contributed by atoms with Gasteiger partial charge in [0, 0.05) is 12.3 Å². The SMILES string of the molecule is CCCCC/C=C\CC/C=C/C(=O)C1CC1C(O)CCCC(=O)O. The highest BCUT2D eigenvalue weighted by Crippen LogP contribution is 2.43. The number of carbonyl (C=O) groups is 2. The van der Waals surface area contributed by atoms with E-state index < -0.39 is 12.1 Å². The molecule has 0 aromatic rings. The summed E-state index contributed by atoms with van der Waals surface area (Å²) in [7, 11) is 0. The lowest BCUT2D eigenvalue weighted by molar-refractivity contribution is -0.137. The molecule has 0 aromatic heterocycles. The number of carboxylic acid groups (broad SMARTS) is 1. The van der Waals surface area contributed by atoms with Crippen molar-refractivity contribution in [1.82, 2.24) is 0 Å². The summed E-state index contributed by atoms with van der Waals surface area (Å²) >= 11 is 0. The Balaban J connectivity index is 2.10. The summed E-state index contributed by atoms with van der Waals surface area (Å²) in [5.41, 5.74) is 0. The number of ketones is 1. The first kappa shape index (κ1) is 20.6. The van der Waals surface area contributed by atoms with Crippen molar-refractivity contribution >= 4 is 11.8 Å². The average Bonchev–Trinajstić information content (AvgIpc) is 3.33. The molecule has 0 aromatic carbocycles. The average molecular weight is 336 g/mol. The zero-order valence-corrected chi connectivity index (χ0v) is 14.8. The van der Waals surface area contributed by atoms with Crippen molar-refractivity contribution in [1.29, 1.82) is 0 Å². The Kier molecular flexibility index (Phi) is 10.3. The highest BCUT2D eigenvalue weighted by Gasteiger charge is 2.45. The number of unbranched alkanes of at least 4 members (excludes halogenated alkanes) is 4. The third kappa shape index (κ3) is 9.02. The topological polar surface area (TPSA) is 74.6 Å². The quantitative estimate of drug-likeness (QED) is 0.282. The number of aliphatic carboxylic acids is 1. The third-order valence-electron chi connectivity index (χ3n) is 4.51. The fourth-order valence-corrected chi connectivity index (χ4v) is 2.91. The van der Waals surface area contributed by atoms with Gasteiger partial charge in [-0.15, -0.1) is 0 Å². The maximum Gasteiger partial charge on any atom is 0.303 e. The van der Waals surface area contributed by atoms with Crippen LogP contribution >= 0.6 is 0 Å². The molecule has 0 heterocycles. The predicted octanol–water partition coefficient (Wildman–Crippen LogP) is 4.28. The second-order valence-corrected chi connectivity index (χ2v) is 6.71. The van der Waals surface area contributed by atoms with E-state index in [2.05, 4.69) is 19.1 Å². The van der Waals surface area contributed by atoms with Crippen LogP contribution in [0.3, 0.4) is 0 Å². The second-order valence-electron chi connectivity index (χ2n) is 6.71. The van der Waals surface area contributed by atoms with Gasteiger partial charge in [0.1, 0.15) is 0 Å².